The Morgan fingerprint density at radius 3 is 2.61 bits per heavy atom. The van der Waals surface area contributed by atoms with Crippen molar-refractivity contribution in [2.75, 3.05) is 4.90 Å². The molecule has 0 bridgehead atoms. The summed E-state index contributed by atoms with van der Waals surface area (Å²) in [5.74, 6) is -1.39. The molecule has 3 aromatic rings. The number of rotatable bonds is 5. The molecule has 5 nitrogen and oxygen atoms in total. The van der Waals surface area contributed by atoms with Crippen LogP contribution in [0.4, 0.5) is 19.4 Å². The topological polar surface area (TPSA) is 66.2 Å². The molecule has 0 aliphatic carbocycles. The van der Waals surface area contributed by atoms with Gasteiger partial charge in [0.2, 0.25) is 0 Å². The standard InChI is InChI=1S/C21H15F2N3O2/c22-18-7-6-17(19(23)11-18)13-26(20-10-16(12-24)8-9-25-20)21(27)28-14-15-4-2-1-3-5-15/h1-11H,13-14H2. The number of hydrogen-bond donors (Lipinski definition) is 0. The van der Waals surface area contributed by atoms with Crippen LogP contribution in [-0.2, 0) is 17.9 Å². The molecule has 1 heterocycles. The van der Waals surface area contributed by atoms with E-state index in [0.717, 1.165) is 22.6 Å². The molecule has 0 aliphatic rings. The third-order valence-electron chi connectivity index (χ3n) is 3.92. The fourth-order valence-electron chi connectivity index (χ4n) is 2.49. The van der Waals surface area contributed by atoms with Crippen molar-refractivity contribution in [3.63, 3.8) is 0 Å². The summed E-state index contributed by atoms with van der Waals surface area (Å²) in [6.07, 6.45) is 0.599. The van der Waals surface area contributed by atoms with Crippen LogP contribution in [0.2, 0.25) is 0 Å². The van der Waals surface area contributed by atoms with E-state index in [2.05, 4.69) is 4.98 Å². The molecular weight excluding hydrogens is 364 g/mol. The van der Waals surface area contributed by atoms with E-state index >= 15 is 0 Å². The second-order valence-electron chi connectivity index (χ2n) is 5.88. The summed E-state index contributed by atoms with van der Waals surface area (Å²) in [4.78, 5) is 17.9. The fourth-order valence-corrected chi connectivity index (χ4v) is 2.49. The molecule has 140 valence electrons. The highest BCUT2D eigenvalue weighted by Crippen LogP contribution is 2.20. The summed E-state index contributed by atoms with van der Waals surface area (Å²) in [5.41, 5.74) is 1.15. The van der Waals surface area contributed by atoms with Gasteiger partial charge < -0.3 is 4.74 Å². The first-order chi connectivity index (χ1) is 13.6. The predicted molar refractivity (Wildman–Crippen MR) is 98.1 cm³/mol. The summed E-state index contributed by atoms with van der Waals surface area (Å²) >= 11 is 0. The molecule has 2 aromatic carbocycles. The summed E-state index contributed by atoms with van der Waals surface area (Å²) in [7, 11) is 0. The van der Waals surface area contributed by atoms with E-state index in [0.29, 0.717) is 0 Å². The molecule has 1 amide bonds. The molecule has 0 unspecified atom stereocenters. The van der Waals surface area contributed by atoms with E-state index in [-0.39, 0.29) is 30.1 Å². The molecule has 0 saturated carbocycles. The van der Waals surface area contributed by atoms with Crippen LogP contribution in [0.5, 0.6) is 0 Å². The van der Waals surface area contributed by atoms with Crippen molar-refractivity contribution in [1.29, 1.82) is 5.26 Å². The Morgan fingerprint density at radius 2 is 1.89 bits per heavy atom. The zero-order valence-corrected chi connectivity index (χ0v) is 14.7. The molecule has 0 spiro atoms. The Morgan fingerprint density at radius 1 is 1.11 bits per heavy atom. The molecule has 0 aliphatic heterocycles. The highest BCUT2D eigenvalue weighted by Gasteiger charge is 2.21. The van der Waals surface area contributed by atoms with Crippen molar-refractivity contribution in [3.8, 4) is 6.07 Å². The predicted octanol–water partition coefficient (Wildman–Crippen LogP) is 4.57. The van der Waals surface area contributed by atoms with Crippen LogP contribution >= 0.6 is 0 Å². The Hall–Kier alpha value is -3.79. The van der Waals surface area contributed by atoms with Gasteiger partial charge in [0.05, 0.1) is 18.2 Å². The molecule has 0 fully saturated rings. The van der Waals surface area contributed by atoms with E-state index in [9.17, 15) is 13.6 Å². The number of carbonyl (C=O) groups is 1. The quantitative estimate of drug-likeness (QED) is 0.651. The number of hydrogen-bond acceptors (Lipinski definition) is 4. The van der Waals surface area contributed by atoms with Crippen LogP contribution in [0.15, 0.2) is 66.9 Å². The van der Waals surface area contributed by atoms with E-state index in [4.69, 9.17) is 10.00 Å². The monoisotopic (exact) mass is 379 g/mol. The first-order valence-electron chi connectivity index (χ1n) is 8.35. The third-order valence-corrected chi connectivity index (χ3v) is 3.92. The van der Waals surface area contributed by atoms with Crippen LogP contribution in [0.3, 0.4) is 0 Å². The average Bonchev–Trinajstić information content (AvgIpc) is 2.72. The number of ether oxygens (including phenoxy) is 1. The minimum atomic E-state index is -0.794. The van der Waals surface area contributed by atoms with Gasteiger partial charge in [0.15, 0.2) is 0 Å². The van der Waals surface area contributed by atoms with Crippen LogP contribution in [-0.4, -0.2) is 11.1 Å². The maximum absolute atomic E-state index is 14.1. The molecule has 0 saturated heterocycles. The smallest absolute Gasteiger partial charge is 0.416 e. The molecule has 28 heavy (non-hydrogen) atoms. The second-order valence-corrected chi connectivity index (χ2v) is 5.88. The molecular formula is C21H15F2N3O2. The van der Waals surface area contributed by atoms with Crippen LogP contribution in [0.1, 0.15) is 16.7 Å². The maximum atomic E-state index is 14.1. The number of aromatic nitrogens is 1. The Bertz CT molecular complexity index is 1020. The largest absolute Gasteiger partial charge is 0.444 e. The Kier molecular flexibility index (Phi) is 5.92. The lowest BCUT2D eigenvalue weighted by molar-refractivity contribution is 0.146. The molecule has 0 atom stereocenters. The fraction of sp³-hybridized carbons (Fsp3) is 0.0952. The van der Waals surface area contributed by atoms with Gasteiger partial charge in [0, 0.05) is 17.8 Å². The number of anilines is 1. The number of amides is 1. The number of nitriles is 1. The Balaban J connectivity index is 1.87. The minimum Gasteiger partial charge on any atom is -0.444 e. The normalized spacial score (nSPS) is 10.2. The van der Waals surface area contributed by atoms with E-state index in [1.54, 1.807) is 12.1 Å². The molecule has 1 aromatic heterocycles. The third kappa shape index (κ3) is 4.68. The van der Waals surface area contributed by atoms with Gasteiger partial charge in [-0.2, -0.15) is 5.26 Å². The Labute approximate surface area is 160 Å². The van der Waals surface area contributed by atoms with Gasteiger partial charge in [0.25, 0.3) is 0 Å². The van der Waals surface area contributed by atoms with Gasteiger partial charge in [-0.3, -0.25) is 4.90 Å². The van der Waals surface area contributed by atoms with Gasteiger partial charge >= 0.3 is 6.09 Å². The van der Waals surface area contributed by atoms with E-state index in [1.165, 1.54) is 24.4 Å². The van der Waals surface area contributed by atoms with Crippen molar-refractivity contribution >= 4 is 11.9 Å². The van der Waals surface area contributed by atoms with Gasteiger partial charge in [-0.15, -0.1) is 0 Å². The SMILES string of the molecule is N#Cc1ccnc(N(Cc2ccc(F)cc2F)C(=O)OCc2ccccc2)c1. The molecule has 0 N–H and O–H groups in total. The lowest BCUT2D eigenvalue weighted by Crippen LogP contribution is -2.32. The van der Waals surface area contributed by atoms with Gasteiger partial charge in [-0.25, -0.2) is 18.6 Å². The first-order valence-corrected chi connectivity index (χ1v) is 8.35. The minimum absolute atomic E-state index is 0.0139. The lowest BCUT2D eigenvalue weighted by Gasteiger charge is -2.22. The van der Waals surface area contributed by atoms with E-state index < -0.39 is 17.7 Å². The molecule has 7 heteroatoms. The second kappa shape index (κ2) is 8.73. The zero-order valence-electron chi connectivity index (χ0n) is 14.7. The van der Waals surface area contributed by atoms with E-state index in [1.807, 2.05) is 24.3 Å². The summed E-state index contributed by atoms with van der Waals surface area (Å²) in [5, 5.41) is 9.08. The number of halogens is 2. The maximum Gasteiger partial charge on any atom is 0.416 e. The van der Waals surface area contributed by atoms with Crippen LogP contribution in [0, 0.1) is 23.0 Å². The first kappa shape index (κ1) is 19.0. The number of benzene rings is 2. The summed E-state index contributed by atoms with van der Waals surface area (Å²) in [6, 6.07) is 17.0. The number of pyridine rings is 1. The number of nitrogens with zero attached hydrogens (tertiary/aromatic N) is 3. The van der Waals surface area contributed by atoms with Crippen molar-refractivity contribution < 1.29 is 18.3 Å². The molecule has 0 radical (unpaired) electrons. The van der Waals surface area contributed by atoms with Gasteiger partial charge in [0.1, 0.15) is 24.1 Å². The highest BCUT2D eigenvalue weighted by atomic mass is 19.1. The van der Waals surface area contributed by atoms with Crippen LogP contribution in [0.25, 0.3) is 0 Å². The van der Waals surface area contributed by atoms with Crippen molar-refractivity contribution in [2.24, 2.45) is 0 Å². The van der Waals surface area contributed by atoms with Crippen molar-refractivity contribution in [3.05, 3.63) is 95.2 Å². The van der Waals surface area contributed by atoms with Crippen molar-refractivity contribution in [2.45, 2.75) is 13.2 Å². The lowest BCUT2D eigenvalue weighted by atomic mass is 10.2. The van der Waals surface area contributed by atoms with Crippen LogP contribution < -0.4 is 4.90 Å². The van der Waals surface area contributed by atoms with Gasteiger partial charge in [-0.05, 0) is 23.8 Å². The highest BCUT2D eigenvalue weighted by molar-refractivity contribution is 5.86. The van der Waals surface area contributed by atoms with Gasteiger partial charge in [-0.1, -0.05) is 36.4 Å². The molecule has 3 rings (SSSR count). The van der Waals surface area contributed by atoms with Crippen molar-refractivity contribution in [1.82, 2.24) is 4.98 Å². The summed E-state index contributed by atoms with van der Waals surface area (Å²) in [6.45, 7) is -0.221. The summed E-state index contributed by atoms with van der Waals surface area (Å²) < 4.78 is 32.6. The average molecular weight is 379 g/mol. The zero-order chi connectivity index (χ0) is 19.9. The number of carbonyl (C=O) groups excluding carboxylic acids is 1.